The van der Waals surface area contributed by atoms with Crippen LogP contribution in [0.4, 0.5) is 4.39 Å². The predicted molar refractivity (Wildman–Crippen MR) is 74.0 cm³/mol. The van der Waals surface area contributed by atoms with E-state index in [4.69, 9.17) is 0 Å². The van der Waals surface area contributed by atoms with Crippen molar-refractivity contribution in [2.75, 3.05) is 12.3 Å². The zero-order chi connectivity index (χ0) is 12.9. The van der Waals surface area contributed by atoms with E-state index in [1.54, 1.807) is 23.9 Å². The summed E-state index contributed by atoms with van der Waals surface area (Å²) in [4.78, 5) is 0.997. The van der Waals surface area contributed by atoms with Gasteiger partial charge >= 0.3 is 0 Å². The van der Waals surface area contributed by atoms with E-state index in [1.807, 2.05) is 6.07 Å². The van der Waals surface area contributed by atoms with Gasteiger partial charge < -0.3 is 5.32 Å². The molecule has 0 saturated carbocycles. The van der Waals surface area contributed by atoms with Crippen LogP contribution in [0.2, 0.25) is 0 Å². The maximum Gasteiger partial charge on any atom is 0.124 e. The van der Waals surface area contributed by atoms with Crippen molar-refractivity contribution in [3.8, 4) is 0 Å². The zero-order valence-electron chi connectivity index (χ0n) is 11.1. The number of hydrogen-bond acceptors (Lipinski definition) is 2. The molecule has 0 aliphatic heterocycles. The monoisotopic (exact) mass is 255 g/mol. The highest BCUT2D eigenvalue weighted by Gasteiger charge is 2.23. The van der Waals surface area contributed by atoms with E-state index in [0.717, 1.165) is 17.2 Å². The van der Waals surface area contributed by atoms with Gasteiger partial charge in [0.05, 0.1) is 0 Å². The Morgan fingerprint density at radius 2 is 2.06 bits per heavy atom. The molecule has 17 heavy (non-hydrogen) atoms. The van der Waals surface area contributed by atoms with Crippen molar-refractivity contribution in [2.24, 2.45) is 5.41 Å². The van der Waals surface area contributed by atoms with Gasteiger partial charge in [0.25, 0.3) is 0 Å². The normalized spacial score (nSPS) is 13.7. The Morgan fingerprint density at radius 1 is 1.35 bits per heavy atom. The van der Waals surface area contributed by atoms with E-state index in [9.17, 15) is 4.39 Å². The Morgan fingerprint density at radius 3 is 2.59 bits per heavy atom. The van der Waals surface area contributed by atoms with Crippen LogP contribution in [0, 0.1) is 11.2 Å². The van der Waals surface area contributed by atoms with Gasteiger partial charge in [0.1, 0.15) is 5.82 Å². The highest BCUT2D eigenvalue weighted by molar-refractivity contribution is 7.99. The number of benzene rings is 1. The molecule has 0 amide bonds. The minimum atomic E-state index is -0.161. The Labute approximate surface area is 108 Å². The number of rotatable bonds is 5. The molecule has 0 spiro atoms. The Bertz CT molecular complexity index is 346. The van der Waals surface area contributed by atoms with Crippen LogP contribution in [0.5, 0.6) is 0 Å². The topological polar surface area (TPSA) is 12.0 Å². The minimum absolute atomic E-state index is 0.161. The van der Waals surface area contributed by atoms with Crippen LogP contribution >= 0.6 is 11.8 Å². The molecular weight excluding hydrogens is 233 g/mol. The summed E-state index contributed by atoms with van der Waals surface area (Å²) < 4.78 is 13.0. The summed E-state index contributed by atoms with van der Waals surface area (Å²) in [6.45, 7) is 9.77. The van der Waals surface area contributed by atoms with Crippen LogP contribution in [0.3, 0.4) is 0 Å². The Kier molecular flexibility index (Phi) is 5.47. The molecule has 0 bridgehead atoms. The quantitative estimate of drug-likeness (QED) is 0.800. The van der Waals surface area contributed by atoms with E-state index in [-0.39, 0.29) is 11.2 Å². The van der Waals surface area contributed by atoms with Gasteiger partial charge in [-0.05, 0) is 30.2 Å². The van der Waals surface area contributed by atoms with Crippen LogP contribution in [0.15, 0.2) is 29.2 Å². The lowest BCUT2D eigenvalue weighted by atomic mass is 9.88. The standard InChI is InChI=1S/C14H22FNS/c1-5-16-13(14(2,3)4)10-17-12-8-6-7-11(15)9-12/h6-9,13,16H,5,10H2,1-4H3. The molecule has 96 valence electrons. The van der Waals surface area contributed by atoms with Crippen LogP contribution in [-0.4, -0.2) is 18.3 Å². The highest BCUT2D eigenvalue weighted by Crippen LogP contribution is 2.26. The number of nitrogens with one attached hydrogen (secondary N) is 1. The first-order chi connectivity index (χ1) is 7.93. The van der Waals surface area contributed by atoms with Gasteiger partial charge in [0, 0.05) is 16.7 Å². The number of thioether (sulfide) groups is 1. The fourth-order valence-corrected chi connectivity index (χ4v) is 2.95. The van der Waals surface area contributed by atoms with Crippen molar-refractivity contribution in [2.45, 2.75) is 38.6 Å². The van der Waals surface area contributed by atoms with E-state index in [2.05, 4.69) is 33.0 Å². The molecule has 1 aromatic carbocycles. The second-order valence-corrected chi connectivity index (χ2v) is 6.34. The molecule has 0 fully saturated rings. The third-order valence-corrected chi connectivity index (χ3v) is 3.80. The minimum Gasteiger partial charge on any atom is -0.313 e. The van der Waals surface area contributed by atoms with Gasteiger partial charge in [-0.3, -0.25) is 0 Å². The molecular formula is C14H22FNS. The summed E-state index contributed by atoms with van der Waals surface area (Å²) in [6.07, 6.45) is 0. The molecule has 1 unspecified atom stereocenters. The Hall–Kier alpha value is -0.540. The summed E-state index contributed by atoms with van der Waals surface area (Å²) >= 11 is 1.71. The fourth-order valence-electron chi connectivity index (χ4n) is 1.60. The molecule has 1 rings (SSSR count). The molecule has 0 aromatic heterocycles. The molecule has 0 heterocycles. The maximum absolute atomic E-state index is 13.0. The molecule has 0 aliphatic carbocycles. The summed E-state index contributed by atoms with van der Waals surface area (Å²) in [5.74, 6) is 0.798. The van der Waals surface area contributed by atoms with Crippen molar-refractivity contribution < 1.29 is 4.39 Å². The van der Waals surface area contributed by atoms with Crippen LogP contribution in [0.1, 0.15) is 27.7 Å². The van der Waals surface area contributed by atoms with E-state index < -0.39 is 0 Å². The molecule has 3 heteroatoms. The van der Waals surface area contributed by atoms with Crippen molar-refractivity contribution in [1.82, 2.24) is 5.32 Å². The molecule has 0 aliphatic rings. The lowest BCUT2D eigenvalue weighted by Crippen LogP contribution is -2.42. The average Bonchev–Trinajstić information content (AvgIpc) is 2.22. The SMILES string of the molecule is CCNC(CSc1cccc(F)c1)C(C)(C)C. The van der Waals surface area contributed by atoms with Crippen molar-refractivity contribution in [1.29, 1.82) is 0 Å². The fraction of sp³-hybridized carbons (Fsp3) is 0.571. The van der Waals surface area contributed by atoms with Gasteiger partial charge in [0.2, 0.25) is 0 Å². The molecule has 1 aromatic rings. The first-order valence-electron chi connectivity index (χ1n) is 6.05. The zero-order valence-corrected chi connectivity index (χ0v) is 11.9. The summed E-state index contributed by atoms with van der Waals surface area (Å²) in [6, 6.07) is 7.23. The third kappa shape index (κ3) is 5.09. The second-order valence-electron chi connectivity index (χ2n) is 5.24. The van der Waals surface area contributed by atoms with E-state index in [1.165, 1.54) is 6.07 Å². The maximum atomic E-state index is 13.0. The average molecular weight is 255 g/mol. The van der Waals surface area contributed by atoms with Crippen molar-refractivity contribution in [3.05, 3.63) is 30.1 Å². The number of halogens is 1. The predicted octanol–water partition coefficient (Wildman–Crippen LogP) is 3.94. The smallest absolute Gasteiger partial charge is 0.124 e. The summed E-state index contributed by atoms with van der Waals surface area (Å²) in [7, 11) is 0. The first kappa shape index (κ1) is 14.5. The highest BCUT2D eigenvalue weighted by atomic mass is 32.2. The van der Waals surface area contributed by atoms with E-state index in [0.29, 0.717) is 6.04 Å². The Balaban J connectivity index is 2.58. The molecule has 1 nitrogen and oxygen atoms in total. The lowest BCUT2D eigenvalue weighted by molar-refractivity contribution is 0.295. The van der Waals surface area contributed by atoms with Crippen molar-refractivity contribution in [3.63, 3.8) is 0 Å². The number of hydrogen-bond donors (Lipinski definition) is 1. The summed E-state index contributed by atoms with van der Waals surface area (Å²) in [5.41, 5.74) is 0.219. The molecule has 0 radical (unpaired) electrons. The molecule has 1 N–H and O–H groups in total. The first-order valence-corrected chi connectivity index (χ1v) is 7.04. The van der Waals surface area contributed by atoms with Gasteiger partial charge in [-0.15, -0.1) is 11.8 Å². The van der Waals surface area contributed by atoms with E-state index >= 15 is 0 Å². The van der Waals surface area contributed by atoms with Gasteiger partial charge in [0.15, 0.2) is 0 Å². The van der Waals surface area contributed by atoms with Gasteiger partial charge in [-0.2, -0.15) is 0 Å². The van der Waals surface area contributed by atoms with Gasteiger partial charge in [-0.25, -0.2) is 4.39 Å². The molecule has 0 saturated heterocycles. The van der Waals surface area contributed by atoms with Gasteiger partial charge in [-0.1, -0.05) is 33.8 Å². The second kappa shape index (κ2) is 6.41. The lowest BCUT2D eigenvalue weighted by Gasteiger charge is -2.31. The van der Waals surface area contributed by atoms with Crippen molar-refractivity contribution >= 4 is 11.8 Å². The van der Waals surface area contributed by atoms with Crippen LogP contribution in [-0.2, 0) is 0 Å². The summed E-state index contributed by atoms with van der Waals surface area (Å²) in [5, 5.41) is 3.49. The molecule has 1 atom stereocenters. The third-order valence-electron chi connectivity index (χ3n) is 2.71. The van der Waals surface area contributed by atoms with Crippen LogP contribution in [0.25, 0.3) is 0 Å². The largest absolute Gasteiger partial charge is 0.313 e. The van der Waals surface area contributed by atoms with Crippen LogP contribution < -0.4 is 5.32 Å².